The zero-order valence-electron chi connectivity index (χ0n) is 13.1. The lowest BCUT2D eigenvalue weighted by atomic mass is 10.1. The number of esters is 2. The first-order chi connectivity index (χ1) is 11.5. The highest BCUT2D eigenvalue weighted by Gasteiger charge is 2.22. The number of thiophene rings is 1. The highest BCUT2D eigenvalue weighted by atomic mass is 32.1. The third kappa shape index (κ3) is 3.90. The highest BCUT2D eigenvalue weighted by Crippen LogP contribution is 2.36. The molecule has 2 aromatic rings. The van der Waals surface area contributed by atoms with E-state index in [0.29, 0.717) is 10.6 Å². The van der Waals surface area contributed by atoms with E-state index >= 15 is 0 Å². The van der Waals surface area contributed by atoms with Crippen molar-refractivity contribution in [2.24, 2.45) is 0 Å². The maximum Gasteiger partial charge on any atom is 0.397 e. The predicted molar refractivity (Wildman–Crippen MR) is 90.8 cm³/mol. The minimum absolute atomic E-state index is 0.0777. The minimum atomic E-state index is -1.02. The molecule has 0 aliphatic carbocycles. The van der Waals surface area contributed by atoms with Crippen LogP contribution in [0.4, 0.5) is 11.4 Å². The van der Waals surface area contributed by atoms with E-state index in [0.717, 1.165) is 16.9 Å². The van der Waals surface area contributed by atoms with Gasteiger partial charge in [0.25, 0.3) is 0 Å². The van der Waals surface area contributed by atoms with E-state index in [9.17, 15) is 14.4 Å². The molecule has 0 saturated heterocycles. The molecule has 1 amide bonds. The maximum atomic E-state index is 11.9. The summed E-state index contributed by atoms with van der Waals surface area (Å²) in [6, 6.07) is 8.66. The van der Waals surface area contributed by atoms with E-state index in [4.69, 9.17) is 10.5 Å². The Bertz CT molecular complexity index is 785. The van der Waals surface area contributed by atoms with E-state index in [1.165, 1.54) is 7.11 Å². The van der Waals surface area contributed by atoms with Gasteiger partial charge < -0.3 is 20.5 Å². The summed E-state index contributed by atoms with van der Waals surface area (Å²) in [4.78, 5) is 36.1. The molecule has 0 saturated carbocycles. The second-order valence-corrected chi connectivity index (χ2v) is 5.70. The fourth-order valence-corrected chi connectivity index (χ4v) is 2.96. The van der Waals surface area contributed by atoms with Crippen molar-refractivity contribution in [2.75, 3.05) is 24.8 Å². The summed E-state index contributed by atoms with van der Waals surface area (Å²) < 4.78 is 9.35. The molecule has 2 rings (SSSR count). The van der Waals surface area contributed by atoms with Crippen LogP contribution >= 0.6 is 11.3 Å². The molecule has 0 radical (unpaired) electrons. The summed E-state index contributed by atoms with van der Waals surface area (Å²) in [6.45, 7) is 1.67. The van der Waals surface area contributed by atoms with E-state index in [-0.39, 0.29) is 17.2 Å². The average molecular weight is 348 g/mol. The molecule has 8 heteroatoms. The molecule has 1 aromatic carbocycles. The first-order valence-corrected chi connectivity index (χ1v) is 7.84. The first-order valence-electron chi connectivity index (χ1n) is 7.02. The predicted octanol–water partition coefficient (Wildman–Crippen LogP) is 2.29. The Labute approximate surface area is 142 Å². The Morgan fingerprint density at radius 1 is 1.25 bits per heavy atom. The van der Waals surface area contributed by atoms with Crippen LogP contribution in [0.1, 0.15) is 16.6 Å². The zero-order chi connectivity index (χ0) is 17.7. The maximum absolute atomic E-state index is 11.9. The molecule has 7 nitrogen and oxygen atoms in total. The fourth-order valence-electron chi connectivity index (χ4n) is 1.93. The monoisotopic (exact) mass is 348 g/mol. The first kappa shape index (κ1) is 17.5. The Balaban J connectivity index is 2.37. The molecule has 1 aromatic heterocycles. The zero-order valence-corrected chi connectivity index (χ0v) is 13.9. The van der Waals surface area contributed by atoms with Crippen LogP contribution in [0.2, 0.25) is 0 Å². The minimum Gasteiger partial charge on any atom is -0.465 e. The molecule has 0 fully saturated rings. The second kappa shape index (κ2) is 7.60. The fraction of sp³-hybridized carbons (Fsp3) is 0.188. The van der Waals surface area contributed by atoms with E-state index in [1.54, 1.807) is 31.2 Å². The molecule has 0 aliphatic heterocycles. The van der Waals surface area contributed by atoms with Gasteiger partial charge in [-0.05, 0) is 30.7 Å². The standard InChI is InChI=1S/C16H16N2O5S/c1-3-23-16(21)14(19)18-11-8-12(24-13(11)15(20)22-2)9-5-4-6-10(17)7-9/h4-8H,3,17H2,1-2H3,(H,18,19). The number of hydrogen-bond donors (Lipinski definition) is 2. The van der Waals surface area contributed by atoms with Crippen molar-refractivity contribution in [2.45, 2.75) is 6.92 Å². The van der Waals surface area contributed by atoms with Crippen LogP contribution in [-0.4, -0.2) is 31.6 Å². The second-order valence-electron chi connectivity index (χ2n) is 4.65. The molecule has 0 aliphatic rings. The number of ether oxygens (including phenoxy) is 2. The number of rotatable bonds is 4. The highest BCUT2D eigenvalue weighted by molar-refractivity contribution is 7.18. The number of nitrogen functional groups attached to an aromatic ring is 1. The number of amides is 1. The van der Waals surface area contributed by atoms with Crippen molar-refractivity contribution >= 4 is 40.6 Å². The molecule has 0 atom stereocenters. The lowest BCUT2D eigenvalue weighted by Gasteiger charge is -2.04. The van der Waals surface area contributed by atoms with Crippen LogP contribution in [0.25, 0.3) is 10.4 Å². The summed E-state index contributed by atoms with van der Waals surface area (Å²) in [6.07, 6.45) is 0. The number of nitrogens with two attached hydrogens (primary N) is 1. The van der Waals surface area contributed by atoms with Gasteiger partial charge in [0.1, 0.15) is 4.88 Å². The molecule has 0 spiro atoms. The quantitative estimate of drug-likeness (QED) is 0.499. The van der Waals surface area contributed by atoms with Crippen molar-refractivity contribution in [3.63, 3.8) is 0 Å². The lowest BCUT2D eigenvalue weighted by Crippen LogP contribution is -2.25. The Morgan fingerprint density at radius 3 is 2.62 bits per heavy atom. The van der Waals surface area contributed by atoms with Gasteiger partial charge in [0.15, 0.2) is 0 Å². The lowest BCUT2D eigenvalue weighted by molar-refractivity contribution is -0.152. The van der Waals surface area contributed by atoms with Gasteiger partial charge in [-0.25, -0.2) is 9.59 Å². The molecular formula is C16H16N2O5S. The molecule has 24 heavy (non-hydrogen) atoms. The van der Waals surface area contributed by atoms with Crippen LogP contribution in [-0.2, 0) is 19.1 Å². The summed E-state index contributed by atoms with van der Waals surface area (Å²) in [7, 11) is 1.24. The Hall–Kier alpha value is -2.87. The Morgan fingerprint density at radius 2 is 2.00 bits per heavy atom. The van der Waals surface area contributed by atoms with Gasteiger partial charge in [-0.15, -0.1) is 11.3 Å². The molecule has 126 valence electrons. The molecule has 1 heterocycles. The number of benzene rings is 1. The van der Waals surface area contributed by atoms with Gasteiger partial charge in [0, 0.05) is 10.6 Å². The van der Waals surface area contributed by atoms with Crippen molar-refractivity contribution < 1.29 is 23.9 Å². The summed E-state index contributed by atoms with van der Waals surface area (Å²) in [5, 5.41) is 2.38. The van der Waals surface area contributed by atoms with Crippen molar-refractivity contribution in [3.05, 3.63) is 35.2 Å². The number of hydrogen-bond acceptors (Lipinski definition) is 7. The van der Waals surface area contributed by atoms with Crippen molar-refractivity contribution in [3.8, 4) is 10.4 Å². The number of methoxy groups -OCH3 is 1. The molecule has 0 unspecified atom stereocenters. The van der Waals surface area contributed by atoms with E-state index in [1.807, 2.05) is 6.07 Å². The molecule has 0 bridgehead atoms. The van der Waals surface area contributed by atoms with Crippen molar-refractivity contribution in [1.29, 1.82) is 0 Å². The van der Waals surface area contributed by atoms with Crippen molar-refractivity contribution in [1.82, 2.24) is 0 Å². The molecule has 3 N–H and O–H groups in total. The van der Waals surface area contributed by atoms with Gasteiger partial charge in [-0.3, -0.25) is 4.79 Å². The largest absolute Gasteiger partial charge is 0.465 e. The topological polar surface area (TPSA) is 108 Å². The van der Waals surface area contributed by atoms with E-state index < -0.39 is 17.8 Å². The van der Waals surface area contributed by atoms with Gasteiger partial charge in [-0.2, -0.15) is 0 Å². The van der Waals surface area contributed by atoms with Gasteiger partial charge in [-0.1, -0.05) is 12.1 Å². The van der Waals surface area contributed by atoms with E-state index in [2.05, 4.69) is 10.1 Å². The summed E-state index contributed by atoms with van der Waals surface area (Å²) in [5.74, 6) is -2.60. The van der Waals surface area contributed by atoms with Crippen LogP contribution in [0.3, 0.4) is 0 Å². The third-order valence-corrected chi connectivity index (χ3v) is 4.15. The Kier molecular flexibility index (Phi) is 5.54. The summed E-state index contributed by atoms with van der Waals surface area (Å²) >= 11 is 1.12. The van der Waals surface area contributed by atoms with Crippen LogP contribution < -0.4 is 11.1 Å². The van der Waals surface area contributed by atoms with Crippen LogP contribution in [0.5, 0.6) is 0 Å². The number of carbonyl (C=O) groups is 3. The smallest absolute Gasteiger partial charge is 0.397 e. The van der Waals surface area contributed by atoms with Gasteiger partial charge in [0.05, 0.1) is 19.4 Å². The SMILES string of the molecule is CCOC(=O)C(=O)Nc1cc(-c2cccc(N)c2)sc1C(=O)OC. The van der Waals surface area contributed by atoms with Crippen LogP contribution in [0.15, 0.2) is 30.3 Å². The number of anilines is 2. The van der Waals surface area contributed by atoms with Gasteiger partial charge in [0.2, 0.25) is 0 Å². The third-order valence-electron chi connectivity index (χ3n) is 2.98. The normalized spacial score (nSPS) is 10.1. The number of carbonyl (C=O) groups excluding carboxylic acids is 3. The number of nitrogens with one attached hydrogen (secondary N) is 1. The van der Waals surface area contributed by atoms with Gasteiger partial charge >= 0.3 is 17.8 Å². The van der Waals surface area contributed by atoms with Crippen LogP contribution in [0, 0.1) is 0 Å². The average Bonchev–Trinajstić information content (AvgIpc) is 2.98. The molecular weight excluding hydrogens is 332 g/mol. The summed E-state index contributed by atoms with van der Waals surface area (Å²) in [5.41, 5.74) is 7.29.